The van der Waals surface area contributed by atoms with Gasteiger partial charge in [-0.2, -0.15) is 0 Å². The van der Waals surface area contributed by atoms with Gasteiger partial charge in [-0.1, -0.05) is 13.8 Å². The van der Waals surface area contributed by atoms with Gasteiger partial charge in [-0.25, -0.2) is 9.97 Å². The summed E-state index contributed by atoms with van der Waals surface area (Å²) in [5.41, 5.74) is 1.96. The van der Waals surface area contributed by atoms with Gasteiger partial charge in [0.25, 0.3) is 0 Å². The second-order valence-corrected chi connectivity index (χ2v) is 5.00. The van der Waals surface area contributed by atoms with E-state index >= 15 is 0 Å². The lowest BCUT2D eigenvalue weighted by molar-refractivity contribution is 0.392. The first-order chi connectivity index (χ1) is 7.54. The molecule has 0 aliphatic rings. The van der Waals surface area contributed by atoms with Gasteiger partial charge in [-0.3, -0.25) is 0 Å². The monoisotopic (exact) mass is 242 g/mol. The van der Waals surface area contributed by atoms with Crippen molar-refractivity contribution in [3.63, 3.8) is 0 Å². The molecule has 0 bridgehead atoms. The number of methoxy groups -OCH3 is 1. The molecule has 3 nitrogen and oxygen atoms in total. The molecule has 90 valence electrons. The fourth-order valence-electron chi connectivity index (χ4n) is 1.68. The molecule has 0 saturated heterocycles. The Labute approximate surface area is 102 Å². The Morgan fingerprint density at radius 3 is 2.62 bits per heavy atom. The summed E-state index contributed by atoms with van der Waals surface area (Å²) in [6.45, 7) is 6.30. The van der Waals surface area contributed by atoms with Crippen LogP contribution in [0.3, 0.4) is 0 Å². The largest absolute Gasteiger partial charge is 0.481 e. The highest BCUT2D eigenvalue weighted by molar-refractivity contribution is 6.20. The number of rotatable bonds is 5. The summed E-state index contributed by atoms with van der Waals surface area (Å²) in [6, 6.07) is 0. The summed E-state index contributed by atoms with van der Waals surface area (Å²) in [4.78, 5) is 8.31. The average molecular weight is 243 g/mol. The Kier molecular flexibility index (Phi) is 5.00. The molecule has 0 aliphatic heterocycles. The van der Waals surface area contributed by atoms with Gasteiger partial charge in [0.2, 0.25) is 5.88 Å². The molecular weight excluding hydrogens is 224 g/mol. The van der Waals surface area contributed by atoms with Crippen LogP contribution in [0.15, 0.2) is 6.33 Å². The lowest BCUT2D eigenvalue weighted by atomic mass is 10.0. The molecule has 0 spiro atoms. The van der Waals surface area contributed by atoms with E-state index in [1.54, 1.807) is 7.11 Å². The molecule has 1 rings (SSSR count). The predicted octanol–water partition coefficient (Wildman–Crippen LogP) is 2.99. The maximum Gasteiger partial charge on any atom is 0.219 e. The molecule has 0 radical (unpaired) electrons. The van der Waals surface area contributed by atoms with Crippen LogP contribution in [0.1, 0.15) is 31.5 Å². The molecule has 1 aromatic rings. The molecule has 16 heavy (non-hydrogen) atoms. The van der Waals surface area contributed by atoms with Gasteiger partial charge in [-0.15, -0.1) is 11.6 Å². The number of halogens is 1. The summed E-state index contributed by atoms with van der Waals surface area (Å²) in [5, 5.41) is 0.123. The van der Waals surface area contributed by atoms with E-state index in [0.29, 0.717) is 11.8 Å². The summed E-state index contributed by atoms with van der Waals surface area (Å²) in [7, 11) is 1.62. The molecule has 0 aliphatic carbocycles. The van der Waals surface area contributed by atoms with Crippen molar-refractivity contribution in [3.8, 4) is 5.88 Å². The van der Waals surface area contributed by atoms with Crippen molar-refractivity contribution in [1.82, 2.24) is 9.97 Å². The number of hydrogen-bond donors (Lipinski definition) is 0. The van der Waals surface area contributed by atoms with Crippen LogP contribution in [0.25, 0.3) is 0 Å². The molecular formula is C12H19ClN2O. The second-order valence-electron chi connectivity index (χ2n) is 4.39. The van der Waals surface area contributed by atoms with Gasteiger partial charge in [0.05, 0.1) is 12.8 Å². The molecule has 0 saturated carbocycles. The normalized spacial score (nSPS) is 12.9. The van der Waals surface area contributed by atoms with Crippen LogP contribution >= 0.6 is 11.6 Å². The van der Waals surface area contributed by atoms with E-state index < -0.39 is 0 Å². The average Bonchev–Trinajstić information content (AvgIpc) is 2.20. The minimum Gasteiger partial charge on any atom is -0.481 e. The van der Waals surface area contributed by atoms with Crippen LogP contribution < -0.4 is 4.74 Å². The number of ether oxygens (including phenoxy) is 1. The summed E-state index contributed by atoms with van der Waals surface area (Å²) < 4.78 is 5.15. The minimum atomic E-state index is 0.123. The van der Waals surface area contributed by atoms with E-state index in [4.69, 9.17) is 16.3 Å². The van der Waals surface area contributed by atoms with E-state index in [0.717, 1.165) is 24.1 Å². The summed E-state index contributed by atoms with van der Waals surface area (Å²) in [6.07, 6.45) is 3.29. The number of aromatic nitrogens is 2. The van der Waals surface area contributed by atoms with E-state index in [9.17, 15) is 0 Å². The van der Waals surface area contributed by atoms with Crippen LogP contribution in [0, 0.1) is 12.8 Å². The van der Waals surface area contributed by atoms with Gasteiger partial charge in [-0.05, 0) is 19.3 Å². The molecule has 1 unspecified atom stereocenters. The molecule has 1 heterocycles. The van der Waals surface area contributed by atoms with Crippen molar-refractivity contribution >= 4 is 11.6 Å². The van der Waals surface area contributed by atoms with Crippen molar-refractivity contribution in [2.75, 3.05) is 7.11 Å². The lowest BCUT2D eigenvalue weighted by Crippen LogP contribution is -2.10. The van der Waals surface area contributed by atoms with E-state index in [1.165, 1.54) is 6.33 Å². The Hall–Kier alpha value is -0.830. The van der Waals surface area contributed by atoms with E-state index in [1.807, 2.05) is 6.92 Å². The third-order valence-electron chi connectivity index (χ3n) is 2.48. The zero-order valence-electron chi connectivity index (χ0n) is 10.3. The Balaban J connectivity index is 2.73. The third-order valence-corrected chi connectivity index (χ3v) is 2.81. The van der Waals surface area contributed by atoms with Crippen LogP contribution in [0.4, 0.5) is 0 Å². The Morgan fingerprint density at radius 1 is 1.38 bits per heavy atom. The Morgan fingerprint density at radius 2 is 2.06 bits per heavy atom. The van der Waals surface area contributed by atoms with Crippen LogP contribution in [0.5, 0.6) is 5.88 Å². The van der Waals surface area contributed by atoms with Gasteiger partial charge in [0.15, 0.2) is 0 Å². The highest BCUT2D eigenvalue weighted by Crippen LogP contribution is 2.21. The SMILES string of the molecule is COc1ncnc(CC(Cl)CC(C)C)c1C. The lowest BCUT2D eigenvalue weighted by Gasteiger charge is -2.13. The van der Waals surface area contributed by atoms with Crippen LogP contribution in [-0.2, 0) is 6.42 Å². The van der Waals surface area contributed by atoms with Crippen molar-refractivity contribution in [3.05, 3.63) is 17.6 Å². The van der Waals surface area contributed by atoms with Crippen molar-refractivity contribution < 1.29 is 4.74 Å². The van der Waals surface area contributed by atoms with Crippen molar-refractivity contribution in [2.24, 2.45) is 5.92 Å². The summed E-state index contributed by atoms with van der Waals surface area (Å²) >= 11 is 6.28. The molecule has 4 heteroatoms. The van der Waals surface area contributed by atoms with Gasteiger partial charge in [0, 0.05) is 17.4 Å². The summed E-state index contributed by atoms with van der Waals surface area (Å²) in [5.74, 6) is 1.24. The first-order valence-corrected chi connectivity index (χ1v) is 5.96. The first kappa shape index (κ1) is 13.2. The minimum absolute atomic E-state index is 0.123. The second kappa shape index (κ2) is 6.04. The van der Waals surface area contributed by atoms with Crippen molar-refractivity contribution in [1.29, 1.82) is 0 Å². The quantitative estimate of drug-likeness (QED) is 0.745. The number of nitrogens with zero attached hydrogens (tertiary/aromatic N) is 2. The van der Waals surface area contributed by atoms with Crippen LogP contribution in [0.2, 0.25) is 0 Å². The van der Waals surface area contributed by atoms with Crippen LogP contribution in [-0.4, -0.2) is 22.5 Å². The number of alkyl halides is 1. The topological polar surface area (TPSA) is 35.0 Å². The molecule has 1 aromatic heterocycles. The predicted molar refractivity (Wildman–Crippen MR) is 66.1 cm³/mol. The molecule has 0 amide bonds. The van der Waals surface area contributed by atoms with Gasteiger partial charge in [0.1, 0.15) is 6.33 Å². The Bertz CT molecular complexity index is 342. The smallest absolute Gasteiger partial charge is 0.219 e. The fraction of sp³-hybridized carbons (Fsp3) is 0.667. The number of hydrogen-bond acceptors (Lipinski definition) is 3. The molecule has 0 fully saturated rings. The van der Waals surface area contributed by atoms with Crippen molar-refractivity contribution in [2.45, 2.75) is 39.0 Å². The van der Waals surface area contributed by atoms with Gasteiger partial charge >= 0.3 is 0 Å². The zero-order chi connectivity index (χ0) is 12.1. The fourth-order valence-corrected chi connectivity index (χ4v) is 2.19. The van der Waals surface area contributed by atoms with E-state index in [2.05, 4.69) is 23.8 Å². The molecule has 0 aromatic carbocycles. The first-order valence-electron chi connectivity index (χ1n) is 5.53. The maximum absolute atomic E-state index is 6.28. The maximum atomic E-state index is 6.28. The molecule has 1 atom stereocenters. The molecule has 0 N–H and O–H groups in total. The van der Waals surface area contributed by atoms with Gasteiger partial charge < -0.3 is 4.74 Å². The standard InChI is InChI=1S/C12H19ClN2O/c1-8(2)5-10(13)6-11-9(3)12(16-4)15-7-14-11/h7-8,10H,5-6H2,1-4H3. The highest BCUT2D eigenvalue weighted by atomic mass is 35.5. The highest BCUT2D eigenvalue weighted by Gasteiger charge is 2.13. The third kappa shape index (κ3) is 3.63. The zero-order valence-corrected chi connectivity index (χ0v) is 11.1. The van der Waals surface area contributed by atoms with E-state index in [-0.39, 0.29) is 5.38 Å².